The molecule has 0 N–H and O–H groups in total. The molecule has 0 saturated carbocycles. The molecule has 0 saturated heterocycles. The van der Waals surface area contributed by atoms with Gasteiger partial charge in [0.05, 0.1) is 0 Å². The maximum absolute atomic E-state index is 11.1. The van der Waals surface area contributed by atoms with Gasteiger partial charge in [0, 0.05) is 22.8 Å². The summed E-state index contributed by atoms with van der Waals surface area (Å²) in [4.78, 5) is 0. The number of rotatable bonds is 2. The molecule has 13 heavy (non-hydrogen) atoms. The van der Waals surface area contributed by atoms with Crippen LogP contribution in [0.25, 0.3) is 0 Å². The first kappa shape index (κ1) is 8.95. The van der Waals surface area contributed by atoms with E-state index in [1.54, 1.807) is 6.26 Å². The van der Waals surface area contributed by atoms with Crippen molar-refractivity contribution >= 4 is 10.8 Å². The fraction of sp³-hybridized carbons (Fsp3) is 0.455. The summed E-state index contributed by atoms with van der Waals surface area (Å²) < 4.78 is 11.1. The Morgan fingerprint density at radius 2 is 2.23 bits per heavy atom. The van der Waals surface area contributed by atoms with E-state index in [2.05, 4.69) is 24.3 Å². The van der Waals surface area contributed by atoms with E-state index >= 15 is 0 Å². The van der Waals surface area contributed by atoms with Gasteiger partial charge in [-0.05, 0) is 29.9 Å². The summed E-state index contributed by atoms with van der Waals surface area (Å²) in [7, 11) is -0.663. The summed E-state index contributed by atoms with van der Waals surface area (Å²) >= 11 is 0. The molecule has 1 aliphatic carbocycles. The molecular weight excluding hydrogens is 180 g/mol. The van der Waals surface area contributed by atoms with E-state index in [0.717, 1.165) is 12.2 Å². The van der Waals surface area contributed by atoms with Gasteiger partial charge >= 0.3 is 0 Å². The molecule has 70 valence electrons. The first-order valence-electron chi connectivity index (χ1n) is 4.65. The zero-order chi connectivity index (χ0) is 9.26. The zero-order valence-electron chi connectivity index (χ0n) is 7.82. The van der Waals surface area contributed by atoms with Crippen molar-refractivity contribution in [1.29, 1.82) is 0 Å². The lowest BCUT2D eigenvalue weighted by molar-refractivity contribution is 0.674. The van der Waals surface area contributed by atoms with E-state index in [0.29, 0.717) is 5.92 Å². The molecule has 0 spiro atoms. The average Bonchev–Trinajstić information content (AvgIpc) is 2.48. The smallest absolute Gasteiger partial charge is 0.0301 e. The van der Waals surface area contributed by atoms with Gasteiger partial charge in [-0.2, -0.15) is 0 Å². The standard InChI is InChI=1S/C11H14OS/c1-13(12)8-10-7-6-9-4-2-3-5-11(9)10/h2-5,10H,6-8H2,1H3. The Bertz CT molecular complexity index is 333. The zero-order valence-corrected chi connectivity index (χ0v) is 8.64. The van der Waals surface area contributed by atoms with Crippen molar-refractivity contribution in [3.8, 4) is 0 Å². The van der Waals surface area contributed by atoms with Gasteiger partial charge in [-0.3, -0.25) is 4.21 Å². The van der Waals surface area contributed by atoms with Crippen LogP contribution in [0.2, 0.25) is 0 Å². The molecule has 0 amide bonds. The Morgan fingerprint density at radius 3 is 3.00 bits per heavy atom. The summed E-state index contributed by atoms with van der Waals surface area (Å²) in [5, 5.41) is 0. The molecule has 0 aliphatic heterocycles. The van der Waals surface area contributed by atoms with Gasteiger partial charge in [0.2, 0.25) is 0 Å². The minimum atomic E-state index is -0.663. The molecule has 2 atom stereocenters. The molecule has 2 unspecified atom stereocenters. The van der Waals surface area contributed by atoms with Gasteiger partial charge in [-0.1, -0.05) is 24.3 Å². The number of fused-ring (bicyclic) bond motifs is 1. The minimum absolute atomic E-state index is 0.544. The highest BCUT2D eigenvalue weighted by atomic mass is 32.2. The summed E-state index contributed by atoms with van der Waals surface area (Å²) in [5.41, 5.74) is 2.88. The van der Waals surface area contributed by atoms with Crippen molar-refractivity contribution < 1.29 is 4.21 Å². The molecular formula is C11H14OS. The number of benzene rings is 1. The van der Waals surface area contributed by atoms with Crippen LogP contribution in [-0.4, -0.2) is 16.2 Å². The van der Waals surface area contributed by atoms with E-state index in [1.807, 2.05) is 0 Å². The van der Waals surface area contributed by atoms with Crippen LogP contribution in [0.15, 0.2) is 24.3 Å². The van der Waals surface area contributed by atoms with E-state index in [4.69, 9.17) is 0 Å². The van der Waals surface area contributed by atoms with Crippen molar-refractivity contribution in [2.75, 3.05) is 12.0 Å². The number of hydrogen-bond donors (Lipinski definition) is 0. The molecule has 0 fully saturated rings. The van der Waals surface area contributed by atoms with Gasteiger partial charge < -0.3 is 0 Å². The van der Waals surface area contributed by atoms with Crippen molar-refractivity contribution in [2.45, 2.75) is 18.8 Å². The van der Waals surface area contributed by atoms with Gasteiger partial charge in [0.25, 0.3) is 0 Å². The monoisotopic (exact) mass is 194 g/mol. The fourth-order valence-corrected chi connectivity index (χ4v) is 3.01. The van der Waals surface area contributed by atoms with Crippen LogP contribution >= 0.6 is 0 Å². The minimum Gasteiger partial charge on any atom is -0.260 e. The number of aryl methyl sites for hydroxylation is 1. The van der Waals surface area contributed by atoms with E-state index < -0.39 is 10.8 Å². The lowest BCUT2D eigenvalue weighted by Crippen LogP contribution is -2.04. The first-order chi connectivity index (χ1) is 6.27. The Balaban J connectivity index is 2.23. The first-order valence-corrected chi connectivity index (χ1v) is 6.38. The van der Waals surface area contributed by atoms with Gasteiger partial charge in [-0.15, -0.1) is 0 Å². The summed E-state index contributed by atoms with van der Waals surface area (Å²) in [5.74, 6) is 1.37. The van der Waals surface area contributed by atoms with Crippen molar-refractivity contribution in [2.24, 2.45) is 0 Å². The molecule has 2 rings (SSSR count). The Labute approximate surface area is 81.6 Å². The average molecular weight is 194 g/mol. The molecule has 0 heterocycles. The van der Waals surface area contributed by atoms with Crippen molar-refractivity contribution in [1.82, 2.24) is 0 Å². The lowest BCUT2D eigenvalue weighted by Gasteiger charge is -2.08. The van der Waals surface area contributed by atoms with Crippen LogP contribution in [0.5, 0.6) is 0 Å². The van der Waals surface area contributed by atoms with Crippen LogP contribution in [-0.2, 0) is 17.2 Å². The van der Waals surface area contributed by atoms with E-state index in [9.17, 15) is 4.21 Å². The van der Waals surface area contributed by atoms with Crippen molar-refractivity contribution in [3.05, 3.63) is 35.4 Å². The second-order valence-electron chi connectivity index (χ2n) is 3.67. The van der Waals surface area contributed by atoms with E-state index in [-0.39, 0.29) is 0 Å². The van der Waals surface area contributed by atoms with Gasteiger partial charge in [0.1, 0.15) is 0 Å². The fourth-order valence-electron chi connectivity index (χ4n) is 2.10. The highest BCUT2D eigenvalue weighted by Crippen LogP contribution is 2.32. The Morgan fingerprint density at radius 1 is 1.46 bits per heavy atom. The Hall–Kier alpha value is -0.630. The van der Waals surface area contributed by atoms with Crippen LogP contribution < -0.4 is 0 Å². The van der Waals surface area contributed by atoms with Crippen LogP contribution in [0, 0.1) is 0 Å². The van der Waals surface area contributed by atoms with E-state index in [1.165, 1.54) is 17.5 Å². The lowest BCUT2D eigenvalue weighted by atomic mass is 10.0. The maximum Gasteiger partial charge on any atom is 0.0301 e. The second-order valence-corrected chi connectivity index (χ2v) is 5.15. The molecule has 1 aromatic carbocycles. The quantitative estimate of drug-likeness (QED) is 0.704. The SMILES string of the molecule is CS(=O)CC1CCc2ccccc21. The van der Waals surface area contributed by atoms with Crippen LogP contribution in [0.3, 0.4) is 0 Å². The molecule has 1 aromatic rings. The third-order valence-corrected chi connectivity index (χ3v) is 3.56. The van der Waals surface area contributed by atoms with Crippen molar-refractivity contribution in [3.63, 3.8) is 0 Å². The van der Waals surface area contributed by atoms with Gasteiger partial charge in [-0.25, -0.2) is 0 Å². The maximum atomic E-state index is 11.1. The predicted octanol–water partition coefficient (Wildman–Crippen LogP) is 2.09. The summed E-state index contributed by atoms with van der Waals surface area (Å²) in [6.07, 6.45) is 4.14. The molecule has 0 radical (unpaired) electrons. The molecule has 0 bridgehead atoms. The molecule has 0 aromatic heterocycles. The number of hydrogen-bond acceptors (Lipinski definition) is 1. The van der Waals surface area contributed by atoms with Gasteiger partial charge in [0.15, 0.2) is 0 Å². The molecule has 1 aliphatic rings. The summed E-state index contributed by atoms with van der Waals surface area (Å²) in [6, 6.07) is 8.54. The molecule has 1 nitrogen and oxygen atoms in total. The highest BCUT2D eigenvalue weighted by Gasteiger charge is 2.22. The largest absolute Gasteiger partial charge is 0.260 e. The topological polar surface area (TPSA) is 17.1 Å². The van der Waals surface area contributed by atoms with Crippen LogP contribution in [0.1, 0.15) is 23.5 Å². The third-order valence-electron chi connectivity index (χ3n) is 2.69. The summed E-state index contributed by atoms with van der Waals surface area (Å²) in [6.45, 7) is 0. The normalized spacial score (nSPS) is 22.7. The second kappa shape index (κ2) is 3.62. The third kappa shape index (κ3) is 1.83. The predicted molar refractivity (Wildman–Crippen MR) is 56.4 cm³/mol. The Kier molecular flexibility index (Phi) is 2.49. The molecule has 2 heteroatoms. The highest BCUT2D eigenvalue weighted by molar-refractivity contribution is 7.84. The van der Waals surface area contributed by atoms with Crippen LogP contribution in [0.4, 0.5) is 0 Å².